The van der Waals surface area contributed by atoms with Crippen LogP contribution in [0.3, 0.4) is 0 Å². The highest BCUT2D eigenvalue weighted by molar-refractivity contribution is 5.96. The summed E-state index contributed by atoms with van der Waals surface area (Å²) in [5, 5.41) is 7.25. The summed E-state index contributed by atoms with van der Waals surface area (Å²) in [7, 11) is 1.30. The van der Waals surface area contributed by atoms with Gasteiger partial charge in [0, 0.05) is 5.69 Å². The monoisotopic (exact) mass is 292 g/mol. The van der Waals surface area contributed by atoms with Gasteiger partial charge in [0.05, 0.1) is 32.2 Å². The van der Waals surface area contributed by atoms with E-state index in [0.717, 1.165) is 6.54 Å². The van der Waals surface area contributed by atoms with Gasteiger partial charge in [0.15, 0.2) is 6.04 Å². The molecule has 1 saturated heterocycles. The highest BCUT2D eigenvalue weighted by Gasteiger charge is 2.27. The molecule has 1 heterocycles. The van der Waals surface area contributed by atoms with E-state index in [1.807, 2.05) is 5.32 Å². The fraction of sp³-hybridized carbons (Fsp3) is 0.357. The number of nitrogens with one attached hydrogen (secondary N) is 2. The van der Waals surface area contributed by atoms with Crippen molar-refractivity contribution in [2.45, 2.75) is 12.5 Å². The molecule has 2 amide bonds. The number of methoxy groups -OCH3 is 1. The first-order valence-electron chi connectivity index (χ1n) is 6.69. The number of nitrogens with two attached hydrogens (primary N) is 1. The number of quaternary nitrogens is 1. The summed E-state index contributed by atoms with van der Waals surface area (Å²) in [4.78, 5) is 34.9. The third-order valence-electron chi connectivity index (χ3n) is 3.20. The van der Waals surface area contributed by atoms with Crippen molar-refractivity contribution in [2.75, 3.05) is 25.5 Å². The largest absolute Gasteiger partial charge is 0.465 e. The van der Waals surface area contributed by atoms with Crippen LogP contribution in [0.4, 0.5) is 5.69 Å². The average molecular weight is 292 g/mol. The zero-order valence-corrected chi connectivity index (χ0v) is 11.7. The van der Waals surface area contributed by atoms with Gasteiger partial charge in [-0.3, -0.25) is 9.59 Å². The number of ether oxygens (including phenoxy) is 1. The van der Waals surface area contributed by atoms with Gasteiger partial charge in [0.25, 0.3) is 5.91 Å². The summed E-state index contributed by atoms with van der Waals surface area (Å²) in [6.07, 6.45) is 0.0916. The average Bonchev–Trinajstić information content (AvgIpc) is 2.49. The highest BCUT2D eigenvalue weighted by Crippen LogP contribution is 2.12. The van der Waals surface area contributed by atoms with E-state index < -0.39 is 12.0 Å². The molecule has 7 nitrogen and oxygen atoms in total. The van der Waals surface area contributed by atoms with Crippen LogP contribution in [0, 0.1) is 0 Å². The predicted molar refractivity (Wildman–Crippen MR) is 74.6 cm³/mol. The number of carbonyl (C=O) groups is 3. The van der Waals surface area contributed by atoms with Gasteiger partial charge in [-0.05, 0) is 18.2 Å². The van der Waals surface area contributed by atoms with Crippen molar-refractivity contribution in [3.63, 3.8) is 0 Å². The number of hydrogen-bond donors (Lipinski definition) is 3. The lowest BCUT2D eigenvalue weighted by atomic mass is 10.1. The second-order valence-corrected chi connectivity index (χ2v) is 4.75. The van der Waals surface area contributed by atoms with Gasteiger partial charge < -0.3 is 20.7 Å². The Morgan fingerprint density at radius 1 is 1.48 bits per heavy atom. The Morgan fingerprint density at radius 3 is 3.00 bits per heavy atom. The molecule has 1 aliphatic heterocycles. The molecule has 0 unspecified atom stereocenters. The van der Waals surface area contributed by atoms with Crippen molar-refractivity contribution in [1.29, 1.82) is 0 Å². The van der Waals surface area contributed by atoms with Crippen LogP contribution in [0.1, 0.15) is 16.8 Å². The van der Waals surface area contributed by atoms with Crippen LogP contribution in [0.5, 0.6) is 0 Å². The number of amides is 2. The maximum absolute atomic E-state index is 11.9. The standard InChI is InChI=1S/C14H17N3O4/c1-21-14(20)9-3-2-4-10(7-9)17-12(18)8-11-13(19)16-6-5-15-11/h2-4,7,11,15H,5-6,8H2,1H3,(H,16,19)(H,17,18)/p+1/t11-/m0/s1. The van der Waals surface area contributed by atoms with Crippen molar-refractivity contribution in [3.8, 4) is 0 Å². The summed E-state index contributed by atoms with van der Waals surface area (Å²) in [6, 6.07) is 6.07. The van der Waals surface area contributed by atoms with Gasteiger partial charge in [-0.2, -0.15) is 0 Å². The van der Waals surface area contributed by atoms with Crippen molar-refractivity contribution < 1.29 is 24.4 Å². The predicted octanol–water partition coefficient (Wildman–Crippen LogP) is -1.14. The zero-order valence-electron chi connectivity index (χ0n) is 11.7. The van der Waals surface area contributed by atoms with Crippen molar-refractivity contribution in [1.82, 2.24) is 5.32 Å². The van der Waals surface area contributed by atoms with Gasteiger partial charge in [-0.1, -0.05) is 6.07 Å². The number of hydrogen-bond acceptors (Lipinski definition) is 4. The number of piperazine rings is 1. The Labute approximate surface area is 122 Å². The SMILES string of the molecule is COC(=O)c1cccc(NC(=O)C[C@@H]2[NH2+]CCNC2=O)c1. The molecule has 1 fully saturated rings. The molecule has 1 aromatic carbocycles. The molecule has 1 aliphatic rings. The first-order valence-corrected chi connectivity index (χ1v) is 6.69. The smallest absolute Gasteiger partial charge is 0.337 e. The number of rotatable bonds is 4. The molecule has 0 saturated carbocycles. The molecule has 0 aromatic heterocycles. The molecule has 21 heavy (non-hydrogen) atoms. The summed E-state index contributed by atoms with van der Waals surface area (Å²) < 4.78 is 4.62. The van der Waals surface area contributed by atoms with E-state index in [1.165, 1.54) is 13.2 Å². The molecular formula is C14H18N3O4+. The van der Waals surface area contributed by atoms with Gasteiger partial charge in [0.1, 0.15) is 0 Å². The quantitative estimate of drug-likeness (QED) is 0.611. The summed E-state index contributed by atoms with van der Waals surface area (Å²) in [6.45, 7) is 1.39. The molecular weight excluding hydrogens is 274 g/mol. The van der Waals surface area contributed by atoms with Crippen molar-refractivity contribution >= 4 is 23.5 Å². The van der Waals surface area contributed by atoms with Crippen LogP contribution in [0.2, 0.25) is 0 Å². The van der Waals surface area contributed by atoms with Crippen LogP contribution >= 0.6 is 0 Å². The Balaban J connectivity index is 1.96. The molecule has 0 spiro atoms. The van der Waals surface area contributed by atoms with Crippen LogP contribution in [0.15, 0.2) is 24.3 Å². The van der Waals surface area contributed by atoms with E-state index in [4.69, 9.17) is 0 Å². The lowest BCUT2D eigenvalue weighted by molar-refractivity contribution is -0.678. The van der Waals surface area contributed by atoms with E-state index in [9.17, 15) is 14.4 Å². The molecule has 2 rings (SSSR count). The van der Waals surface area contributed by atoms with Crippen molar-refractivity contribution in [2.24, 2.45) is 0 Å². The topological polar surface area (TPSA) is 101 Å². The molecule has 7 heteroatoms. The summed E-state index contributed by atoms with van der Waals surface area (Å²) >= 11 is 0. The van der Waals surface area contributed by atoms with E-state index in [2.05, 4.69) is 15.4 Å². The summed E-state index contributed by atoms with van der Waals surface area (Å²) in [5.74, 6) is -0.860. The van der Waals surface area contributed by atoms with Crippen LogP contribution in [0.25, 0.3) is 0 Å². The van der Waals surface area contributed by atoms with Crippen LogP contribution in [-0.2, 0) is 14.3 Å². The molecule has 4 N–H and O–H groups in total. The molecule has 0 radical (unpaired) electrons. The first-order chi connectivity index (χ1) is 10.1. The molecule has 1 atom stereocenters. The molecule has 112 valence electrons. The highest BCUT2D eigenvalue weighted by atomic mass is 16.5. The third-order valence-corrected chi connectivity index (χ3v) is 3.20. The van der Waals surface area contributed by atoms with E-state index >= 15 is 0 Å². The Kier molecular flexibility index (Phi) is 4.89. The number of benzene rings is 1. The Bertz CT molecular complexity index is 559. The van der Waals surface area contributed by atoms with Crippen LogP contribution in [-0.4, -0.2) is 44.0 Å². The molecule has 0 bridgehead atoms. The van der Waals surface area contributed by atoms with Crippen molar-refractivity contribution in [3.05, 3.63) is 29.8 Å². The molecule has 1 aromatic rings. The minimum Gasteiger partial charge on any atom is -0.465 e. The molecule has 0 aliphatic carbocycles. The van der Waals surface area contributed by atoms with E-state index in [-0.39, 0.29) is 18.2 Å². The van der Waals surface area contributed by atoms with Crippen LogP contribution < -0.4 is 16.0 Å². The minimum atomic E-state index is -0.467. The normalized spacial score (nSPS) is 17.8. The second-order valence-electron chi connectivity index (χ2n) is 4.75. The third kappa shape index (κ3) is 4.03. The number of esters is 1. The lowest BCUT2D eigenvalue weighted by Gasteiger charge is -2.19. The van der Waals surface area contributed by atoms with Gasteiger partial charge in [-0.15, -0.1) is 0 Å². The maximum Gasteiger partial charge on any atom is 0.337 e. The van der Waals surface area contributed by atoms with E-state index in [0.29, 0.717) is 17.8 Å². The lowest BCUT2D eigenvalue weighted by Crippen LogP contribution is -2.96. The van der Waals surface area contributed by atoms with Gasteiger partial charge in [0.2, 0.25) is 5.91 Å². The Hall–Kier alpha value is -2.41. The van der Waals surface area contributed by atoms with E-state index in [1.54, 1.807) is 18.2 Å². The summed E-state index contributed by atoms with van der Waals surface area (Å²) in [5.41, 5.74) is 0.858. The second kappa shape index (κ2) is 6.85. The Morgan fingerprint density at radius 2 is 2.29 bits per heavy atom. The van der Waals surface area contributed by atoms with Gasteiger partial charge in [-0.25, -0.2) is 4.79 Å². The minimum absolute atomic E-state index is 0.0916. The fourth-order valence-corrected chi connectivity index (χ4v) is 2.15. The number of carbonyl (C=O) groups excluding carboxylic acids is 3. The number of anilines is 1. The maximum atomic E-state index is 11.9. The van der Waals surface area contributed by atoms with Gasteiger partial charge >= 0.3 is 5.97 Å². The first kappa shape index (κ1) is 15.0. The fourth-order valence-electron chi connectivity index (χ4n) is 2.15. The zero-order chi connectivity index (χ0) is 15.2.